The second kappa shape index (κ2) is 7.77. The number of carbonyl (C=O) groups is 2. The summed E-state index contributed by atoms with van der Waals surface area (Å²) in [4.78, 5) is 31.2. The van der Waals surface area contributed by atoms with E-state index in [0.717, 1.165) is 40.5 Å². The van der Waals surface area contributed by atoms with Crippen LogP contribution in [0.15, 0.2) is 48.5 Å². The molecule has 2 amide bonds. The lowest BCUT2D eigenvalue weighted by Crippen LogP contribution is -2.52. The van der Waals surface area contributed by atoms with Gasteiger partial charge in [-0.25, -0.2) is 4.90 Å². The lowest BCUT2D eigenvalue weighted by Gasteiger charge is -2.38. The van der Waals surface area contributed by atoms with Crippen LogP contribution in [0.2, 0.25) is 5.02 Å². The molecule has 1 atom stereocenters. The van der Waals surface area contributed by atoms with Crippen molar-refractivity contribution in [1.29, 1.82) is 0 Å². The molecule has 140 valence electrons. The molecule has 2 fully saturated rings. The van der Waals surface area contributed by atoms with Gasteiger partial charge in [-0.05, 0) is 65.1 Å². The fraction of sp³-hybridized carbons (Fsp3) is 0.300. The van der Waals surface area contributed by atoms with E-state index in [1.165, 1.54) is 4.90 Å². The van der Waals surface area contributed by atoms with Crippen LogP contribution in [0.3, 0.4) is 0 Å². The van der Waals surface area contributed by atoms with Gasteiger partial charge in [0.2, 0.25) is 5.91 Å². The highest BCUT2D eigenvalue weighted by Gasteiger charge is 2.43. The van der Waals surface area contributed by atoms with Gasteiger partial charge in [0.15, 0.2) is 0 Å². The molecule has 0 radical (unpaired) electrons. The molecule has 7 heteroatoms. The zero-order valence-electron chi connectivity index (χ0n) is 14.6. The van der Waals surface area contributed by atoms with Gasteiger partial charge in [-0.15, -0.1) is 0 Å². The molecule has 0 saturated carbocycles. The van der Waals surface area contributed by atoms with Crippen molar-refractivity contribution in [2.24, 2.45) is 0 Å². The monoisotopic (exact) mass is 495 g/mol. The second-order valence-electron chi connectivity index (χ2n) is 6.77. The number of carbonyl (C=O) groups excluding carboxylic acids is 2. The number of nitrogens with zero attached hydrogens (tertiary/aromatic N) is 3. The highest BCUT2D eigenvalue weighted by molar-refractivity contribution is 14.1. The molecule has 0 bridgehead atoms. The number of benzene rings is 2. The first-order valence-electron chi connectivity index (χ1n) is 8.90. The Morgan fingerprint density at radius 1 is 0.926 bits per heavy atom. The fourth-order valence-electron chi connectivity index (χ4n) is 3.73. The molecule has 4 rings (SSSR count). The summed E-state index contributed by atoms with van der Waals surface area (Å²) in [5.41, 5.74) is 1.75. The SMILES string of the molecule is O=C1C[C@@H](N2CCN(c3cccc(Cl)c3)CC2)C(=O)N1c1ccc(I)cc1. The Kier molecular flexibility index (Phi) is 5.39. The molecule has 0 N–H and O–H groups in total. The van der Waals surface area contributed by atoms with E-state index in [4.69, 9.17) is 11.6 Å². The summed E-state index contributed by atoms with van der Waals surface area (Å²) >= 11 is 8.30. The van der Waals surface area contributed by atoms with E-state index in [-0.39, 0.29) is 24.3 Å². The highest BCUT2D eigenvalue weighted by atomic mass is 127. The van der Waals surface area contributed by atoms with Gasteiger partial charge in [-0.1, -0.05) is 17.7 Å². The van der Waals surface area contributed by atoms with Gasteiger partial charge in [0.25, 0.3) is 5.91 Å². The van der Waals surface area contributed by atoms with Crippen LogP contribution in [0.4, 0.5) is 11.4 Å². The van der Waals surface area contributed by atoms with Crippen LogP contribution in [0.1, 0.15) is 6.42 Å². The number of hydrogen-bond acceptors (Lipinski definition) is 4. The van der Waals surface area contributed by atoms with Crippen LogP contribution in [-0.2, 0) is 9.59 Å². The molecule has 0 aliphatic carbocycles. The highest BCUT2D eigenvalue weighted by Crippen LogP contribution is 2.28. The molecule has 2 aliphatic rings. The van der Waals surface area contributed by atoms with E-state index >= 15 is 0 Å². The van der Waals surface area contributed by atoms with Crippen molar-refractivity contribution in [2.45, 2.75) is 12.5 Å². The van der Waals surface area contributed by atoms with Gasteiger partial charge >= 0.3 is 0 Å². The Labute approximate surface area is 177 Å². The van der Waals surface area contributed by atoms with E-state index < -0.39 is 0 Å². The quantitative estimate of drug-likeness (QED) is 0.484. The van der Waals surface area contributed by atoms with Gasteiger partial charge in [-0.3, -0.25) is 14.5 Å². The standard InChI is InChI=1S/C20H19ClIN3O2/c21-14-2-1-3-17(12-14)23-8-10-24(11-9-23)18-13-19(26)25(20(18)27)16-6-4-15(22)5-7-16/h1-7,12,18H,8-11,13H2/t18-/m1/s1. The molecule has 27 heavy (non-hydrogen) atoms. The van der Waals surface area contributed by atoms with Crippen LogP contribution in [-0.4, -0.2) is 48.9 Å². The van der Waals surface area contributed by atoms with Crippen molar-refractivity contribution < 1.29 is 9.59 Å². The molecule has 2 aromatic carbocycles. The molecular formula is C20H19ClIN3O2. The predicted molar refractivity (Wildman–Crippen MR) is 115 cm³/mol. The Morgan fingerprint density at radius 3 is 2.30 bits per heavy atom. The van der Waals surface area contributed by atoms with E-state index in [9.17, 15) is 9.59 Å². The Bertz CT molecular complexity index is 866. The first kappa shape index (κ1) is 18.7. The summed E-state index contributed by atoms with van der Waals surface area (Å²) in [6.07, 6.45) is 0.252. The zero-order valence-corrected chi connectivity index (χ0v) is 17.6. The average Bonchev–Trinajstić information content (AvgIpc) is 2.97. The van der Waals surface area contributed by atoms with Gasteiger partial charge in [-0.2, -0.15) is 0 Å². The van der Waals surface area contributed by atoms with Crippen molar-refractivity contribution in [2.75, 3.05) is 36.0 Å². The van der Waals surface area contributed by atoms with Gasteiger partial charge in [0.05, 0.1) is 18.2 Å². The number of piperazine rings is 1. The molecule has 0 aromatic heterocycles. The van der Waals surface area contributed by atoms with E-state index in [1.807, 2.05) is 48.5 Å². The van der Waals surface area contributed by atoms with Crippen molar-refractivity contribution in [3.8, 4) is 0 Å². The maximum atomic E-state index is 12.9. The van der Waals surface area contributed by atoms with Gasteiger partial charge in [0.1, 0.15) is 0 Å². The number of amides is 2. The molecule has 2 saturated heterocycles. The first-order valence-corrected chi connectivity index (χ1v) is 10.4. The number of hydrogen-bond donors (Lipinski definition) is 0. The third-order valence-electron chi connectivity index (χ3n) is 5.14. The van der Waals surface area contributed by atoms with Gasteiger partial charge in [0, 0.05) is 40.5 Å². The minimum absolute atomic E-state index is 0.114. The second-order valence-corrected chi connectivity index (χ2v) is 8.45. The normalized spacial score (nSPS) is 21.2. The van der Waals surface area contributed by atoms with Crippen LogP contribution < -0.4 is 9.80 Å². The Balaban J connectivity index is 1.43. The predicted octanol–water partition coefficient (Wildman–Crippen LogP) is 3.40. The van der Waals surface area contributed by atoms with Crippen molar-refractivity contribution in [3.63, 3.8) is 0 Å². The zero-order chi connectivity index (χ0) is 19.0. The molecule has 0 unspecified atom stereocenters. The van der Waals surface area contributed by atoms with Crippen molar-refractivity contribution >= 4 is 57.4 Å². The number of anilines is 2. The molecule has 2 aliphatic heterocycles. The van der Waals surface area contributed by atoms with Crippen molar-refractivity contribution in [3.05, 3.63) is 57.1 Å². The third-order valence-corrected chi connectivity index (χ3v) is 6.09. The van der Waals surface area contributed by atoms with Crippen LogP contribution in [0.25, 0.3) is 0 Å². The first-order chi connectivity index (χ1) is 13.0. The van der Waals surface area contributed by atoms with Crippen LogP contribution in [0, 0.1) is 3.57 Å². The summed E-state index contributed by atoms with van der Waals surface area (Å²) in [6, 6.07) is 14.9. The number of imide groups is 1. The minimum atomic E-state index is -0.363. The topological polar surface area (TPSA) is 43.9 Å². The van der Waals surface area contributed by atoms with Crippen LogP contribution in [0.5, 0.6) is 0 Å². The maximum Gasteiger partial charge on any atom is 0.251 e. The average molecular weight is 496 g/mol. The summed E-state index contributed by atoms with van der Waals surface area (Å²) in [5.74, 6) is -0.235. The lowest BCUT2D eigenvalue weighted by atomic mass is 10.1. The molecule has 2 aromatic rings. The largest absolute Gasteiger partial charge is 0.369 e. The molecule has 5 nitrogen and oxygen atoms in total. The van der Waals surface area contributed by atoms with E-state index in [1.54, 1.807) is 0 Å². The number of rotatable bonds is 3. The van der Waals surface area contributed by atoms with Crippen molar-refractivity contribution in [1.82, 2.24) is 4.90 Å². The summed E-state index contributed by atoms with van der Waals surface area (Å²) in [6.45, 7) is 3.11. The fourth-order valence-corrected chi connectivity index (χ4v) is 4.27. The summed E-state index contributed by atoms with van der Waals surface area (Å²) < 4.78 is 1.07. The maximum absolute atomic E-state index is 12.9. The molecule has 0 spiro atoms. The molecule has 2 heterocycles. The Morgan fingerprint density at radius 2 is 1.63 bits per heavy atom. The summed E-state index contributed by atoms with van der Waals surface area (Å²) in [5, 5.41) is 0.722. The minimum Gasteiger partial charge on any atom is -0.369 e. The van der Waals surface area contributed by atoms with Crippen LogP contribution >= 0.6 is 34.2 Å². The van der Waals surface area contributed by atoms with E-state index in [2.05, 4.69) is 32.4 Å². The lowest BCUT2D eigenvalue weighted by molar-refractivity contribution is -0.123. The molecular weight excluding hydrogens is 477 g/mol. The summed E-state index contributed by atoms with van der Waals surface area (Å²) in [7, 11) is 0. The third kappa shape index (κ3) is 3.83. The van der Waals surface area contributed by atoms with Gasteiger partial charge < -0.3 is 4.90 Å². The smallest absolute Gasteiger partial charge is 0.251 e. The number of halogens is 2. The van der Waals surface area contributed by atoms with E-state index in [0.29, 0.717) is 5.69 Å². The Hall–Kier alpha value is -1.64.